The standard InChI is InChI=1S/C21H21NO3/c1-23-21-12-22-8-6-19(21)20-11-17(25-14-15-7-9-24-13-15)10-16-4-2-3-5-18(16)20/h2-6,8,10-12,15H,7,9,13-14H2,1H3. The van der Waals surface area contributed by atoms with Crippen molar-refractivity contribution >= 4 is 10.8 Å². The molecule has 128 valence electrons. The summed E-state index contributed by atoms with van der Waals surface area (Å²) < 4.78 is 17.0. The molecule has 0 radical (unpaired) electrons. The van der Waals surface area contributed by atoms with Crippen molar-refractivity contribution in [2.45, 2.75) is 6.42 Å². The van der Waals surface area contributed by atoms with E-state index in [9.17, 15) is 0 Å². The van der Waals surface area contributed by atoms with Gasteiger partial charge >= 0.3 is 0 Å². The van der Waals surface area contributed by atoms with Gasteiger partial charge in [-0.2, -0.15) is 0 Å². The zero-order valence-electron chi connectivity index (χ0n) is 14.3. The van der Waals surface area contributed by atoms with E-state index in [1.165, 1.54) is 5.39 Å². The Bertz CT molecular complexity index is 872. The van der Waals surface area contributed by atoms with Gasteiger partial charge in [0.1, 0.15) is 11.5 Å². The second-order valence-electron chi connectivity index (χ2n) is 6.31. The SMILES string of the molecule is COc1cnccc1-c1cc(OCC2CCOC2)cc2ccccc12. The predicted octanol–water partition coefficient (Wildman–Crippen LogP) is 4.33. The highest BCUT2D eigenvalue weighted by Gasteiger charge is 2.17. The number of ether oxygens (including phenoxy) is 3. The molecule has 1 unspecified atom stereocenters. The molecule has 1 aliphatic rings. The van der Waals surface area contributed by atoms with Crippen LogP contribution in [0.4, 0.5) is 0 Å². The van der Waals surface area contributed by atoms with Crippen molar-refractivity contribution in [3.05, 3.63) is 54.9 Å². The van der Waals surface area contributed by atoms with Gasteiger partial charge in [-0.05, 0) is 41.0 Å². The highest BCUT2D eigenvalue weighted by atomic mass is 16.5. The Labute approximate surface area is 147 Å². The number of benzene rings is 2. The van der Waals surface area contributed by atoms with E-state index >= 15 is 0 Å². The fraction of sp³-hybridized carbons (Fsp3) is 0.286. The molecule has 4 nitrogen and oxygen atoms in total. The molecule has 2 heterocycles. The molecule has 0 bridgehead atoms. The molecule has 4 heteroatoms. The van der Waals surface area contributed by atoms with Gasteiger partial charge in [0.05, 0.1) is 26.5 Å². The third kappa shape index (κ3) is 3.30. The molecule has 0 amide bonds. The van der Waals surface area contributed by atoms with Crippen molar-refractivity contribution < 1.29 is 14.2 Å². The van der Waals surface area contributed by atoms with Gasteiger partial charge in [0.25, 0.3) is 0 Å². The van der Waals surface area contributed by atoms with Gasteiger partial charge in [-0.25, -0.2) is 0 Å². The molecule has 1 aliphatic heterocycles. The van der Waals surface area contributed by atoms with E-state index in [2.05, 4.69) is 35.3 Å². The van der Waals surface area contributed by atoms with E-state index < -0.39 is 0 Å². The summed E-state index contributed by atoms with van der Waals surface area (Å²) in [7, 11) is 1.67. The van der Waals surface area contributed by atoms with Crippen LogP contribution in [0.2, 0.25) is 0 Å². The number of fused-ring (bicyclic) bond motifs is 1. The molecule has 1 fully saturated rings. The van der Waals surface area contributed by atoms with E-state index in [4.69, 9.17) is 14.2 Å². The smallest absolute Gasteiger partial charge is 0.144 e. The summed E-state index contributed by atoms with van der Waals surface area (Å²) >= 11 is 0. The highest BCUT2D eigenvalue weighted by Crippen LogP contribution is 2.37. The largest absolute Gasteiger partial charge is 0.494 e. The van der Waals surface area contributed by atoms with Crippen LogP contribution >= 0.6 is 0 Å². The van der Waals surface area contributed by atoms with Crippen LogP contribution in [0.15, 0.2) is 54.9 Å². The summed E-state index contributed by atoms with van der Waals surface area (Å²) in [5.41, 5.74) is 2.11. The first-order valence-electron chi connectivity index (χ1n) is 8.57. The Hall–Kier alpha value is -2.59. The summed E-state index contributed by atoms with van der Waals surface area (Å²) in [4.78, 5) is 4.16. The lowest BCUT2D eigenvalue weighted by Crippen LogP contribution is -2.11. The maximum atomic E-state index is 6.10. The minimum atomic E-state index is 0.477. The highest BCUT2D eigenvalue weighted by molar-refractivity contribution is 5.99. The van der Waals surface area contributed by atoms with Crippen LogP contribution < -0.4 is 9.47 Å². The fourth-order valence-corrected chi connectivity index (χ4v) is 3.28. The van der Waals surface area contributed by atoms with Crippen LogP contribution in [0, 0.1) is 5.92 Å². The summed E-state index contributed by atoms with van der Waals surface area (Å²) in [6, 6.07) is 14.5. The first-order chi connectivity index (χ1) is 12.3. The topological polar surface area (TPSA) is 40.6 Å². The van der Waals surface area contributed by atoms with Gasteiger partial charge in [0.15, 0.2) is 0 Å². The number of rotatable bonds is 5. The Morgan fingerprint density at radius 1 is 1.16 bits per heavy atom. The quantitative estimate of drug-likeness (QED) is 0.696. The zero-order chi connectivity index (χ0) is 17.1. The average molecular weight is 335 g/mol. The molecule has 0 spiro atoms. The number of hydrogen-bond donors (Lipinski definition) is 0. The number of pyridine rings is 1. The Kier molecular flexibility index (Phi) is 4.53. The average Bonchev–Trinajstić information content (AvgIpc) is 3.19. The molecule has 1 aromatic heterocycles. The Morgan fingerprint density at radius 3 is 2.92 bits per heavy atom. The molecular formula is C21H21NO3. The second-order valence-corrected chi connectivity index (χ2v) is 6.31. The van der Waals surface area contributed by atoms with Crippen molar-refractivity contribution in [3.63, 3.8) is 0 Å². The summed E-state index contributed by atoms with van der Waals surface area (Å²) in [5, 5.41) is 2.32. The third-order valence-electron chi connectivity index (χ3n) is 4.64. The summed E-state index contributed by atoms with van der Waals surface area (Å²) in [6.45, 7) is 2.31. The fourth-order valence-electron chi connectivity index (χ4n) is 3.28. The molecule has 0 aliphatic carbocycles. The van der Waals surface area contributed by atoms with Gasteiger partial charge in [-0.3, -0.25) is 4.98 Å². The predicted molar refractivity (Wildman–Crippen MR) is 98.2 cm³/mol. The van der Waals surface area contributed by atoms with Gasteiger partial charge < -0.3 is 14.2 Å². The molecule has 1 saturated heterocycles. The lowest BCUT2D eigenvalue weighted by molar-refractivity contribution is 0.167. The van der Waals surface area contributed by atoms with Gasteiger partial charge in [0.2, 0.25) is 0 Å². The van der Waals surface area contributed by atoms with Crippen molar-refractivity contribution in [3.8, 4) is 22.6 Å². The lowest BCUT2D eigenvalue weighted by Gasteiger charge is -2.15. The molecule has 0 N–H and O–H groups in total. The van der Waals surface area contributed by atoms with Crippen LogP contribution in [0.3, 0.4) is 0 Å². The Morgan fingerprint density at radius 2 is 2.08 bits per heavy atom. The minimum Gasteiger partial charge on any atom is -0.494 e. The van der Waals surface area contributed by atoms with Gasteiger partial charge in [-0.1, -0.05) is 24.3 Å². The van der Waals surface area contributed by atoms with Crippen LogP contribution in [0.25, 0.3) is 21.9 Å². The Balaban J connectivity index is 1.76. The summed E-state index contributed by atoms with van der Waals surface area (Å²) in [6.07, 6.45) is 4.60. The van der Waals surface area contributed by atoms with Crippen LogP contribution in [0.1, 0.15) is 6.42 Å². The van der Waals surface area contributed by atoms with E-state index in [0.717, 1.165) is 47.6 Å². The van der Waals surface area contributed by atoms with E-state index in [1.54, 1.807) is 19.5 Å². The third-order valence-corrected chi connectivity index (χ3v) is 4.64. The number of hydrogen-bond acceptors (Lipinski definition) is 4. The first kappa shape index (κ1) is 15.9. The number of nitrogens with zero attached hydrogens (tertiary/aromatic N) is 1. The molecule has 3 aromatic rings. The monoisotopic (exact) mass is 335 g/mol. The molecule has 25 heavy (non-hydrogen) atoms. The van der Waals surface area contributed by atoms with Crippen molar-refractivity contribution in [2.24, 2.45) is 5.92 Å². The minimum absolute atomic E-state index is 0.477. The van der Waals surface area contributed by atoms with E-state index in [-0.39, 0.29) is 0 Å². The zero-order valence-corrected chi connectivity index (χ0v) is 14.3. The molecule has 1 atom stereocenters. The van der Waals surface area contributed by atoms with Crippen LogP contribution in [0.5, 0.6) is 11.5 Å². The van der Waals surface area contributed by atoms with E-state index in [1.807, 2.05) is 12.1 Å². The number of aromatic nitrogens is 1. The lowest BCUT2D eigenvalue weighted by atomic mass is 9.98. The van der Waals surface area contributed by atoms with E-state index in [0.29, 0.717) is 12.5 Å². The van der Waals surface area contributed by atoms with Crippen molar-refractivity contribution in [1.82, 2.24) is 4.98 Å². The molecule has 2 aromatic carbocycles. The van der Waals surface area contributed by atoms with Crippen LogP contribution in [-0.4, -0.2) is 31.9 Å². The van der Waals surface area contributed by atoms with Gasteiger partial charge in [0, 0.05) is 24.3 Å². The van der Waals surface area contributed by atoms with Crippen molar-refractivity contribution in [2.75, 3.05) is 26.9 Å². The normalized spacial score (nSPS) is 16.9. The molecular weight excluding hydrogens is 314 g/mol. The number of methoxy groups -OCH3 is 1. The van der Waals surface area contributed by atoms with Gasteiger partial charge in [-0.15, -0.1) is 0 Å². The maximum Gasteiger partial charge on any atom is 0.144 e. The summed E-state index contributed by atoms with van der Waals surface area (Å²) in [5.74, 6) is 2.11. The maximum absolute atomic E-state index is 6.10. The molecule has 4 rings (SSSR count). The second kappa shape index (κ2) is 7.11. The van der Waals surface area contributed by atoms with Crippen molar-refractivity contribution in [1.29, 1.82) is 0 Å². The first-order valence-corrected chi connectivity index (χ1v) is 8.57. The van der Waals surface area contributed by atoms with Crippen LogP contribution in [-0.2, 0) is 4.74 Å². The molecule has 0 saturated carbocycles.